The molecule has 8 nitrogen and oxygen atoms in total. The number of carbonyl (C=O) groups is 1. The first-order valence-electron chi connectivity index (χ1n) is 9.69. The van der Waals surface area contributed by atoms with Crippen LogP contribution in [-0.4, -0.2) is 22.7 Å². The fraction of sp³-hybridized carbons (Fsp3) is 0.136. The van der Waals surface area contributed by atoms with Crippen LogP contribution in [0.2, 0.25) is 0 Å². The minimum atomic E-state index is -3.79. The van der Waals surface area contributed by atoms with Crippen LogP contribution in [0.5, 0.6) is 0 Å². The average Bonchev–Trinajstić information content (AvgIpc) is 2.77. The van der Waals surface area contributed by atoms with Gasteiger partial charge in [-0.1, -0.05) is 42.5 Å². The van der Waals surface area contributed by atoms with Gasteiger partial charge >= 0.3 is 0 Å². The van der Waals surface area contributed by atoms with E-state index in [9.17, 15) is 21.6 Å². The van der Waals surface area contributed by atoms with E-state index in [1.54, 1.807) is 12.1 Å². The van der Waals surface area contributed by atoms with Gasteiger partial charge in [-0.3, -0.25) is 4.79 Å². The van der Waals surface area contributed by atoms with Crippen molar-refractivity contribution in [1.82, 2.24) is 4.72 Å². The van der Waals surface area contributed by atoms with Gasteiger partial charge in [-0.2, -0.15) is 0 Å². The lowest BCUT2D eigenvalue weighted by molar-refractivity contribution is -0.116. The first kappa shape index (κ1) is 23.6. The fourth-order valence-corrected chi connectivity index (χ4v) is 4.44. The van der Waals surface area contributed by atoms with E-state index >= 15 is 0 Å². The first-order valence-corrected chi connectivity index (χ1v) is 12.7. The molecule has 0 fully saturated rings. The van der Waals surface area contributed by atoms with Crippen LogP contribution in [0, 0.1) is 0 Å². The van der Waals surface area contributed by atoms with E-state index in [1.165, 1.54) is 36.4 Å². The van der Waals surface area contributed by atoms with Crippen molar-refractivity contribution >= 4 is 31.6 Å². The Bertz CT molecular complexity index is 1270. The Morgan fingerprint density at radius 2 is 1.34 bits per heavy atom. The van der Waals surface area contributed by atoms with Gasteiger partial charge in [-0.25, -0.2) is 26.7 Å². The number of carbonyl (C=O) groups excluding carboxylic acids is 1. The monoisotopic (exact) mass is 473 g/mol. The van der Waals surface area contributed by atoms with Gasteiger partial charge in [0.2, 0.25) is 26.0 Å². The number of hydrogen-bond donors (Lipinski definition) is 3. The number of nitrogens with two attached hydrogens (primary N) is 1. The van der Waals surface area contributed by atoms with Gasteiger partial charge in [0.25, 0.3) is 0 Å². The van der Waals surface area contributed by atoms with E-state index in [4.69, 9.17) is 5.14 Å². The number of rotatable bonds is 9. The van der Waals surface area contributed by atoms with Gasteiger partial charge < -0.3 is 5.32 Å². The third kappa shape index (κ3) is 6.72. The molecule has 0 atom stereocenters. The van der Waals surface area contributed by atoms with Gasteiger partial charge in [0.05, 0.1) is 9.79 Å². The molecule has 0 spiro atoms. The summed E-state index contributed by atoms with van der Waals surface area (Å²) in [5.41, 5.74) is 2.12. The Morgan fingerprint density at radius 3 is 1.94 bits per heavy atom. The Hall–Kier alpha value is -3.05. The second-order valence-electron chi connectivity index (χ2n) is 7.07. The number of primary sulfonamides is 1. The Morgan fingerprint density at radius 1 is 0.750 bits per heavy atom. The lowest BCUT2D eigenvalue weighted by Gasteiger charge is -2.09. The highest BCUT2D eigenvalue weighted by Gasteiger charge is 2.14. The Balaban J connectivity index is 1.52. The summed E-state index contributed by atoms with van der Waals surface area (Å²) < 4.78 is 50.0. The van der Waals surface area contributed by atoms with Crippen molar-refractivity contribution in [1.29, 1.82) is 0 Å². The van der Waals surface area contributed by atoms with Crippen molar-refractivity contribution in [2.45, 2.75) is 29.2 Å². The van der Waals surface area contributed by atoms with Crippen molar-refractivity contribution in [2.75, 3.05) is 5.32 Å². The summed E-state index contributed by atoms with van der Waals surface area (Å²) in [4.78, 5) is 12.3. The zero-order valence-electron chi connectivity index (χ0n) is 17.1. The van der Waals surface area contributed by atoms with E-state index < -0.39 is 20.0 Å². The van der Waals surface area contributed by atoms with Crippen molar-refractivity contribution < 1.29 is 21.6 Å². The summed E-state index contributed by atoms with van der Waals surface area (Å²) in [6.45, 7) is 0.198. The number of nitrogens with one attached hydrogen (secondary N) is 2. The topological polar surface area (TPSA) is 135 Å². The molecule has 0 aliphatic carbocycles. The maximum atomic E-state index is 12.5. The Kier molecular flexibility index (Phi) is 7.41. The third-order valence-electron chi connectivity index (χ3n) is 4.65. The molecule has 32 heavy (non-hydrogen) atoms. The SMILES string of the molecule is NS(=O)(=O)c1ccc(NC(=O)CCc2ccc(S(=O)(=O)NCc3ccccc3)cc2)cc1. The normalized spacial score (nSPS) is 11.8. The standard InChI is InChI=1S/C22H23N3O5S2/c23-31(27,28)20-13-9-19(10-14-20)25-22(26)15-8-17-6-11-21(12-7-17)32(29,30)24-16-18-4-2-1-3-5-18/h1-7,9-14,24H,8,15-16H2,(H,25,26)(H2,23,27,28). The molecule has 0 aliphatic heterocycles. The molecule has 0 saturated heterocycles. The molecule has 4 N–H and O–H groups in total. The number of amides is 1. The number of benzene rings is 3. The molecule has 10 heteroatoms. The second kappa shape index (κ2) is 10.0. The van der Waals surface area contributed by atoms with Crippen molar-refractivity contribution in [3.8, 4) is 0 Å². The quantitative estimate of drug-likeness (QED) is 0.438. The summed E-state index contributed by atoms with van der Waals surface area (Å²) in [6.07, 6.45) is 0.591. The van der Waals surface area contributed by atoms with Crippen LogP contribution >= 0.6 is 0 Å². The third-order valence-corrected chi connectivity index (χ3v) is 7.00. The lowest BCUT2D eigenvalue weighted by atomic mass is 10.1. The summed E-state index contributed by atoms with van der Waals surface area (Å²) in [5, 5.41) is 7.72. The van der Waals surface area contributed by atoms with Crippen LogP contribution in [0.4, 0.5) is 5.69 Å². The summed E-state index contributed by atoms with van der Waals surface area (Å²) in [7, 11) is -7.43. The van der Waals surface area contributed by atoms with Crippen LogP contribution in [0.3, 0.4) is 0 Å². The number of sulfonamides is 2. The maximum absolute atomic E-state index is 12.5. The molecule has 0 bridgehead atoms. The highest BCUT2D eigenvalue weighted by molar-refractivity contribution is 7.89. The van der Waals surface area contributed by atoms with E-state index in [-0.39, 0.29) is 28.7 Å². The van der Waals surface area contributed by atoms with Gasteiger partial charge in [0, 0.05) is 18.7 Å². The van der Waals surface area contributed by atoms with Gasteiger partial charge in [-0.05, 0) is 53.9 Å². The Labute approximate surface area is 187 Å². The predicted molar refractivity (Wildman–Crippen MR) is 122 cm³/mol. The van der Waals surface area contributed by atoms with E-state index in [1.807, 2.05) is 30.3 Å². The summed E-state index contributed by atoms with van der Waals surface area (Å²) >= 11 is 0. The second-order valence-corrected chi connectivity index (χ2v) is 10.4. The average molecular weight is 474 g/mol. The molecule has 0 radical (unpaired) electrons. The van der Waals surface area contributed by atoms with Gasteiger partial charge in [0.15, 0.2) is 0 Å². The van der Waals surface area contributed by atoms with Crippen LogP contribution in [0.1, 0.15) is 17.5 Å². The molecule has 1 amide bonds. The van der Waals surface area contributed by atoms with E-state index in [2.05, 4.69) is 10.0 Å². The minimum absolute atomic E-state index is 0.0381. The van der Waals surface area contributed by atoms with Gasteiger partial charge in [-0.15, -0.1) is 0 Å². The number of hydrogen-bond acceptors (Lipinski definition) is 5. The lowest BCUT2D eigenvalue weighted by Crippen LogP contribution is -2.23. The van der Waals surface area contributed by atoms with Crippen LogP contribution in [-0.2, 0) is 37.8 Å². The maximum Gasteiger partial charge on any atom is 0.240 e. The molecule has 0 aliphatic rings. The molecule has 3 aromatic carbocycles. The predicted octanol–water partition coefficient (Wildman–Crippen LogP) is 2.38. The van der Waals surface area contributed by atoms with Gasteiger partial charge in [0.1, 0.15) is 0 Å². The molecule has 0 aromatic heterocycles. The molecule has 168 valence electrons. The van der Waals surface area contributed by atoms with Crippen LogP contribution in [0.25, 0.3) is 0 Å². The van der Waals surface area contributed by atoms with Crippen LogP contribution < -0.4 is 15.2 Å². The summed E-state index contributed by atoms with van der Waals surface area (Å²) in [6, 6.07) is 21.1. The molecular weight excluding hydrogens is 450 g/mol. The minimum Gasteiger partial charge on any atom is -0.326 e. The zero-order valence-corrected chi connectivity index (χ0v) is 18.7. The highest BCUT2D eigenvalue weighted by atomic mass is 32.2. The molecule has 0 heterocycles. The van der Waals surface area contributed by atoms with Crippen LogP contribution in [0.15, 0.2) is 88.7 Å². The molecule has 0 unspecified atom stereocenters. The molecule has 3 rings (SSSR count). The molecule has 3 aromatic rings. The smallest absolute Gasteiger partial charge is 0.240 e. The highest BCUT2D eigenvalue weighted by Crippen LogP contribution is 2.15. The number of anilines is 1. The zero-order chi connectivity index (χ0) is 23.2. The van der Waals surface area contributed by atoms with Crippen molar-refractivity contribution in [2.24, 2.45) is 5.14 Å². The van der Waals surface area contributed by atoms with Crippen molar-refractivity contribution in [3.63, 3.8) is 0 Å². The number of aryl methyl sites for hydroxylation is 1. The van der Waals surface area contributed by atoms with Crippen molar-refractivity contribution in [3.05, 3.63) is 90.0 Å². The van der Waals surface area contributed by atoms with E-state index in [0.717, 1.165) is 11.1 Å². The van der Waals surface area contributed by atoms with E-state index in [0.29, 0.717) is 12.1 Å². The first-order chi connectivity index (χ1) is 15.1. The fourth-order valence-electron chi connectivity index (χ4n) is 2.90. The molecular formula is C22H23N3O5S2. The largest absolute Gasteiger partial charge is 0.326 e. The summed E-state index contributed by atoms with van der Waals surface area (Å²) in [5.74, 6) is -0.255. The molecule has 0 saturated carbocycles.